The molecule has 1 saturated heterocycles. The Hall–Kier alpha value is -2.96. The van der Waals surface area contributed by atoms with E-state index in [1.54, 1.807) is 12.3 Å². The normalized spacial score (nSPS) is 14.8. The molecule has 7 nitrogen and oxygen atoms in total. The van der Waals surface area contributed by atoms with Gasteiger partial charge in [-0.3, -0.25) is 4.79 Å². The van der Waals surface area contributed by atoms with Crippen LogP contribution in [0.1, 0.15) is 23.8 Å². The summed E-state index contributed by atoms with van der Waals surface area (Å²) in [5, 5.41) is 6.14. The molecule has 1 fully saturated rings. The number of nitrogens with zero attached hydrogens (tertiary/aromatic N) is 3. The molecule has 1 aliphatic heterocycles. The molecule has 0 atom stereocenters. The summed E-state index contributed by atoms with van der Waals surface area (Å²) in [7, 11) is 0. The number of nitrogens with one attached hydrogen (secondary N) is 2. The van der Waals surface area contributed by atoms with Crippen LogP contribution in [0.15, 0.2) is 46.0 Å². The third kappa shape index (κ3) is 5.53. The van der Waals surface area contributed by atoms with Crippen molar-refractivity contribution in [1.82, 2.24) is 15.5 Å². The number of carbonyl (C=O) groups excluding carboxylic acids is 1. The minimum absolute atomic E-state index is 0.0975. The highest BCUT2D eigenvalue weighted by Crippen LogP contribution is 2.23. The van der Waals surface area contributed by atoms with Crippen molar-refractivity contribution in [2.45, 2.75) is 27.3 Å². The topological polar surface area (TPSA) is 73.1 Å². The van der Waals surface area contributed by atoms with E-state index in [4.69, 9.17) is 4.42 Å². The lowest BCUT2D eigenvalue weighted by Crippen LogP contribution is -2.53. The van der Waals surface area contributed by atoms with Crippen LogP contribution >= 0.6 is 0 Å². The fourth-order valence-corrected chi connectivity index (χ4v) is 3.46. The first-order valence-corrected chi connectivity index (χ1v) is 10.2. The van der Waals surface area contributed by atoms with Gasteiger partial charge in [0, 0.05) is 38.4 Å². The average Bonchev–Trinajstić information content (AvgIpc) is 3.25. The van der Waals surface area contributed by atoms with Crippen molar-refractivity contribution in [1.29, 1.82) is 0 Å². The fraction of sp³-hybridized carbons (Fsp3) is 0.455. The van der Waals surface area contributed by atoms with Crippen LogP contribution in [-0.4, -0.2) is 56.0 Å². The van der Waals surface area contributed by atoms with Gasteiger partial charge in [0.15, 0.2) is 5.96 Å². The van der Waals surface area contributed by atoms with E-state index in [2.05, 4.69) is 57.5 Å². The van der Waals surface area contributed by atoms with Crippen molar-refractivity contribution in [3.63, 3.8) is 0 Å². The Labute approximate surface area is 172 Å². The second kappa shape index (κ2) is 10.0. The number of amides is 1. The van der Waals surface area contributed by atoms with Crippen LogP contribution in [0.2, 0.25) is 0 Å². The third-order valence-electron chi connectivity index (χ3n) is 5.24. The van der Waals surface area contributed by atoms with E-state index in [-0.39, 0.29) is 12.5 Å². The molecular weight excluding hydrogens is 366 g/mol. The van der Waals surface area contributed by atoms with Gasteiger partial charge in [0.25, 0.3) is 0 Å². The van der Waals surface area contributed by atoms with Crippen molar-refractivity contribution in [2.24, 2.45) is 4.99 Å². The van der Waals surface area contributed by atoms with Crippen LogP contribution in [0.25, 0.3) is 0 Å². The molecule has 0 aliphatic carbocycles. The zero-order chi connectivity index (χ0) is 20.6. The van der Waals surface area contributed by atoms with Crippen LogP contribution in [0.5, 0.6) is 0 Å². The molecule has 0 bridgehead atoms. The molecule has 156 valence electrons. The van der Waals surface area contributed by atoms with Crippen LogP contribution in [-0.2, 0) is 11.3 Å². The Balaban J connectivity index is 1.55. The molecule has 1 aliphatic rings. The van der Waals surface area contributed by atoms with Crippen molar-refractivity contribution >= 4 is 17.6 Å². The van der Waals surface area contributed by atoms with E-state index in [9.17, 15) is 4.79 Å². The van der Waals surface area contributed by atoms with Gasteiger partial charge in [0.1, 0.15) is 12.3 Å². The Morgan fingerprint density at radius 3 is 2.59 bits per heavy atom. The Kier molecular flexibility index (Phi) is 7.16. The van der Waals surface area contributed by atoms with Crippen molar-refractivity contribution in [3.8, 4) is 0 Å². The molecule has 2 N–H and O–H groups in total. The van der Waals surface area contributed by atoms with Crippen LogP contribution in [0, 0.1) is 13.8 Å². The average molecular weight is 398 g/mol. The third-order valence-corrected chi connectivity index (χ3v) is 5.24. The lowest BCUT2D eigenvalue weighted by Gasteiger charge is -2.38. The quantitative estimate of drug-likeness (QED) is 0.578. The highest BCUT2D eigenvalue weighted by molar-refractivity contribution is 5.85. The maximum Gasteiger partial charge on any atom is 0.242 e. The van der Waals surface area contributed by atoms with E-state index >= 15 is 0 Å². The molecular formula is C22H31N5O2. The van der Waals surface area contributed by atoms with Crippen LogP contribution < -0.4 is 15.5 Å². The molecule has 0 spiro atoms. The highest BCUT2D eigenvalue weighted by Gasteiger charge is 2.21. The lowest BCUT2D eigenvalue weighted by atomic mass is 10.1. The number of anilines is 1. The first-order chi connectivity index (χ1) is 14.1. The van der Waals surface area contributed by atoms with Crippen molar-refractivity contribution < 1.29 is 9.21 Å². The van der Waals surface area contributed by atoms with E-state index in [1.807, 2.05) is 13.0 Å². The Morgan fingerprint density at radius 2 is 1.90 bits per heavy atom. The number of carbonyl (C=O) groups is 1. The standard InChI is InChI=1S/C22H31N5O2/c1-4-23-22(25-16-21(28)24-15-19-8-6-14-29-19)27-12-10-26(11-13-27)20-9-5-7-17(2)18(20)3/h5-9,14H,4,10-13,15-16H2,1-3H3,(H,23,25)(H,24,28). The Morgan fingerprint density at radius 1 is 1.10 bits per heavy atom. The molecule has 1 aromatic heterocycles. The maximum absolute atomic E-state index is 12.1. The number of piperazine rings is 1. The minimum atomic E-state index is -0.120. The number of hydrogen-bond donors (Lipinski definition) is 2. The van der Waals surface area contributed by atoms with Gasteiger partial charge in [-0.05, 0) is 50.1 Å². The molecule has 1 amide bonds. The summed E-state index contributed by atoms with van der Waals surface area (Å²) in [5.74, 6) is 1.41. The molecule has 3 rings (SSSR count). The largest absolute Gasteiger partial charge is 0.467 e. The molecule has 29 heavy (non-hydrogen) atoms. The van der Waals surface area contributed by atoms with E-state index in [1.165, 1.54) is 16.8 Å². The summed E-state index contributed by atoms with van der Waals surface area (Å²) >= 11 is 0. The first kappa shape index (κ1) is 20.8. The van der Waals surface area contributed by atoms with Crippen molar-refractivity contribution in [2.75, 3.05) is 44.2 Å². The van der Waals surface area contributed by atoms with E-state index in [0.717, 1.165) is 44.4 Å². The highest BCUT2D eigenvalue weighted by atomic mass is 16.3. The number of guanidine groups is 1. The summed E-state index contributed by atoms with van der Waals surface area (Å²) in [6.45, 7) is 11.2. The number of furan rings is 1. The Bertz CT molecular complexity index is 824. The first-order valence-electron chi connectivity index (χ1n) is 10.2. The molecule has 1 aromatic carbocycles. The predicted octanol–water partition coefficient (Wildman–Crippen LogP) is 2.30. The van der Waals surface area contributed by atoms with Gasteiger partial charge in [0.05, 0.1) is 12.8 Å². The number of benzene rings is 1. The monoisotopic (exact) mass is 397 g/mol. The summed E-state index contributed by atoms with van der Waals surface area (Å²) < 4.78 is 5.23. The summed E-state index contributed by atoms with van der Waals surface area (Å²) in [5.41, 5.74) is 3.97. The smallest absolute Gasteiger partial charge is 0.242 e. The number of hydrogen-bond acceptors (Lipinski definition) is 4. The van der Waals surface area contributed by atoms with Crippen LogP contribution in [0.4, 0.5) is 5.69 Å². The maximum atomic E-state index is 12.1. The van der Waals surface area contributed by atoms with E-state index in [0.29, 0.717) is 6.54 Å². The van der Waals surface area contributed by atoms with Crippen molar-refractivity contribution in [3.05, 3.63) is 53.5 Å². The van der Waals surface area contributed by atoms with Gasteiger partial charge in [-0.2, -0.15) is 0 Å². The van der Waals surface area contributed by atoms with Gasteiger partial charge in [-0.15, -0.1) is 0 Å². The van der Waals surface area contributed by atoms with E-state index < -0.39 is 0 Å². The summed E-state index contributed by atoms with van der Waals surface area (Å²) in [6.07, 6.45) is 1.60. The SMILES string of the molecule is CCNC(=NCC(=O)NCc1ccco1)N1CCN(c2cccc(C)c2C)CC1. The second-order valence-electron chi connectivity index (χ2n) is 7.22. The molecule has 2 heterocycles. The predicted molar refractivity (Wildman–Crippen MR) is 116 cm³/mol. The van der Waals surface area contributed by atoms with Gasteiger partial charge in [0.2, 0.25) is 5.91 Å². The number of aliphatic imine (C=N–C) groups is 1. The van der Waals surface area contributed by atoms with Crippen LogP contribution in [0.3, 0.4) is 0 Å². The molecule has 0 unspecified atom stereocenters. The molecule has 0 saturated carbocycles. The summed E-state index contributed by atoms with van der Waals surface area (Å²) in [4.78, 5) is 21.3. The molecule has 0 radical (unpaired) electrons. The summed E-state index contributed by atoms with van der Waals surface area (Å²) in [6, 6.07) is 10.1. The fourth-order valence-electron chi connectivity index (χ4n) is 3.46. The number of aryl methyl sites for hydroxylation is 1. The molecule has 7 heteroatoms. The second-order valence-corrected chi connectivity index (χ2v) is 7.22. The zero-order valence-electron chi connectivity index (χ0n) is 17.6. The van der Waals surface area contributed by atoms with Gasteiger partial charge in [-0.25, -0.2) is 4.99 Å². The van der Waals surface area contributed by atoms with Gasteiger partial charge in [-0.1, -0.05) is 12.1 Å². The van der Waals surface area contributed by atoms with Gasteiger partial charge < -0.3 is 24.9 Å². The van der Waals surface area contributed by atoms with Gasteiger partial charge >= 0.3 is 0 Å². The molecule has 2 aromatic rings. The number of rotatable bonds is 6. The minimum Gasteiger partial charge on any atom is -0.467 e. The lowest BCUT2D eigenvalue weighted by molar-refractivity contribution is -0.119. The zero-order valence-corrected chi connectivity index (χ0v) is 17.6.